The third-order valence-corrected chi connectivity index (χ3v) is 2.77. The molecule has 0 amide bonds. The van der Waals surface area contributed by atoms with E-state index in [-0.39, 0.29) is 11.9 Å². The molecule has 0 saturated carbocycles. The monoisotopic (exact) mass is 240 g/mol. The summed E-state index contributed by atoms with van der Waals surface area (Å²) < 4.78 is 5.07. The molecule has 0 saturated heterocycles. The van der Waals surface area contributed by atoms with Gasteiger partial charge in [-0.25, -0.2) is 0 Å². The summed E-state index contributed by atoms with van der Waals surface area (Å²) >= 11 is 6.09. The smallest absolute Gasteiger partial charge is 0.313 e. The number of halogens is 1. The number of carbonyl (C=O) groups excluding carboxylic acids is 1. The average Bonchev–Trinajstić information content (AvgIpc) is 2.27. The highest BCUT2D eigenvalue weighted by atomic mass is 35.5. The minimum absolute atomic E-state index is 0.183. The molecule has 1 aromatic carbocycles. The van der Waals surface area contributed by atoms with Crippen LogP contribution in [0.5, 0.6) is 0 Å². The van der Waals surface area contributed by atoms with Gasteiger partial charge in [0.1, 0.15) is 0 Å². The van der Waals surface area contributed by atoms with Gasteiger partial charge in [0, 0.05) is 5.02 Å². The van der Waals surface area contributed by atoms with Gasteiger partial charge in [0.25, 0.3) is 0 Å². The van der Waals surface area contributed by atoms with E-state index in [1.54, 1.807) is 6.07 Å². The van der Waals surface area contributed by atoms with E-state index in [0.29, 0.717) is 11.6 Å². The van der Waals surface area contributed by atoms with Crippen LogP contribution in [0.15, 0.2) is 24.3 Å². The van der Waals surface area contributed by atoms with Crippen molar-refractivity contribution in [3.63, 3.8) is 0 Å². The molecule has 0 N–H and O–H groups in total. The van der Waals surface area contributed by atoms with E-state index in [2.05, 4.69) is 0 Å². The number of carbonyl (C=O) groups is 1. The fourth-order valence-corrected chi connectivity index (χ4v) is 1.96. The Bertz CT molecular complexity index is 350. The van der Waals surface area contributed by atoms with Crippen molar-refractivity contribution in [2.45, 2.75) is 32.6 Å². The molecule has 0 aliphatic heterocycles. The molecule has 3 heteroatoms. The lowest BCUT2D eigenvalue weighted by Crippen LogP contribution is -2.16. The molecule has 0 heterocycles. The number of benzene rings is 1. The Kier molecular flexibility index (Phi) is 5.33. The maximum atomic E-state index is 11.8. The fraction of sp³-hybridized carbons (Fsp3) is 0.462. The molecule has 1 rings (SSSR count). The number of hydrogen-bond donors (Lipinski definition) is 0. The van der Waals surface area contributed by atoms with E-state index >= 15 is 0 Å². The van der Waals surface area contributed by atoms with Gasteiger partial charge >= 0.3 is 5.97 Å². The molecule has 0 aromatic heterocycles. The van der Waals surface area contributed by atoms with Crippen LogP contribution in [0.2, 0.25) is 5.02 Å². The van der Waals surface area contributed by atoms with E-state index in [1.807, 2.05) is 32.0 Å². The molecule has 1 unspecified atom stereocenters. The quantitative estimate of drug-likeness (QED) is 0.732. The molecule has 0 fully saturated rings. The fourth-order valence-electron chi connectivity index (χ4n) is 1.69. The van der Waals surface area contributed by atoms with Crippen molar-refractivity contribution < 1.29 is 9.53 Å². The first-order valence-corrected chi connectivity index (χ1v) is 5.99. The van der Waals surface area contributed by atoms with E-state index < -0.39 is 0 Å². The van der Waals surface area contributed by atoms with Crippen LogP contribution in [0.1, 0.15) is 38.2 Å². The maximum absolute atomic E-state index is 11.8. The summed E-state index contributed by atoms with van der Waals surface area (Å²) in [5.74, 6) is -0.420. The van der Waals surface area contributed by atoms with Crippen LogP contribution in [0, 0.1) is 0 Å². The van der Waals surface area contributed by atoms with Gasteiger partial charge in [0.05, 0.1) is 12.5 Å². The van der Waals surface area contributed by atoms with Gasteiger partial charge in [0.2, 0.25) is 0 Å². The van der Waals surface area contributed by atoms with Crippen molar-refractivity contribution in [3.8, 4) is 0 Å². The zero-order chi connectivity index (χ0) is 12.0. The Morgan fingerprint density at radius 3 is 2.62 bits per heavy atom. The number of esters is 1. The topological polar surface area (TPSA) is 26.3 Å². The Hall–Kier alpha value is -1.02. The predicted octanol–water partition coefficient (Wildman–Crippen LogP) is 3.79. The molecule has 0 bridgehead atoms. The summed E-state index contributed by atoms with van der Waals surface area (Å²) in [6.07, 6.45) is 1.69. The molecule has 0 radical (unpaired) electrons. The second-order valence-corrected chi connectivity index (χ2v) is 4.02. The zero-order valence-corrected chi connectivity index (χ0v) is 10.5. The molecule has 0 spiro atoms. The second-order valence-electron chi connectivity index (χ2n) is 3.61. The van der Waals surface area contributed by atoms with Gasteiger partial charge in [-0.15, -0.1) is 0 Å². The summed E-state index contributed by atoms with van der Waals surface area (Å²) in [5.41, 5.74) is 0.865. The second kappa shape index (κ2) is 6.54. The molecule has 0 aliphatic carbocycles. The Morgan fingerprint density at radius 1 is 1.38 bits per heavy atom. The first kappa shape index (κ1) is 13.0. The molecule has 88 valence electrons. The first-order valence-electron chi connectivity index (χ1n) is 5.61. The summed E-state index contributed by atoms with van der Waals surface area (Å²) in [5, 5.41) is 0.633. The van der Waals surface area contributed by atoms with Crippen molar-refractivity contribution in [1.82, 2.24) is 0 Å². The largest absolute Gasteiger partial charge is 0.466 e. The van der Waals surface area contributed by atoms with Gasteiger partial charge in [-0.05, 0) is 25.0 Å². The Morgan fingerprint density at radius 2 is 2.06 bits per heavy atom. The van der Waals surface area contributed by atoms with Crippen LogP contribution in [0.25, 0.3) is 0 Å². The van der Waals surface area contributed by atoms with Crippen LogP contribution in [-0.4, -0.2) is 12.6 Å². The van der Waals surface area contributed by atoms with Crippen LogP contribution < -0.4 is 0 Å². The highest BCUT2D eigenvalue weighted by Gasteiger charge is 2.22. The normalized spacial score (nSPS) is 12.2. The predicted molar refractivity (Wildman–Crippen MR) is 65.7 cm³/mol. The third-order valence-electron chi connectivity index (χ3n) is 2.43. The Labute approximate surface area is 102 Å². The Balaban J connectivity index is 2.93. The molecule has 1 aromatic rings. The van der Waals surface area contributed by atoms with Crippen LogP contribution in [0.3, 0.4) is 0 Å². The summed E-state index contributed by atoms with van der Waals surface area (Å²) in [4.78, 5) is 11.8. The maximum Gasteiger partial charge on any atom is 0.313 e. The van der Waals surface area contributed by atoms with Gasteiger partial charge in [-0.2, -0.15) is 0 Å². The lowest BCUT2D eigenvalue weighted by Gasteiger charge is -2.16. The van der Waals surface area contributed by atoms with Gasteiger partial charge in [-0.1, -0.05) is 43.1 Å². The van der Waals surface area contributed by atoms with Crippen molar-refractivity contribution in [1.29, 1.82) is 0 Å². The minimum Gasteiger partial charge on any atom is -0.466 e. The van der Waals surface area contributed by atoms with Crippen molar-refractivity contribution >= 4 is 17.6 Å². The van der Waals surface area contributed by atoms with Crippen LogP contribution >= 0.6 is 11.6 Å². The van der Waals surface area contributed by atoms with Gasteiger partial charge in [-0.3, -0.25) is 4.79 Å². The van der Waals surface area contributed by atoms with Crippen molar-refractivity contribution in [2.24, 2.45) is 0 Å². The van der Waals surface area contributed by atoms with Crippen LogP contribution in [0.4, 0.5) is 0 Å². The third kappa shape index (κ3) is 3.24. The molecule has 0 aliphatic rings. The van der Waals surface area contributed by atoms with E-state index in [4.69, 9.17) is 16.3 Å². The van der Waals surface area contributed by atoms with E-state index in [1.165, 1.54) is 0 Å². The lowest BCUT2D eigenvalue weighted by atomic mass is 9.94. The summed E-state index contributed by atoms with van der Waals surface area (Å²) in [7, 11) is 0. The minimum atomic E-state index is -0.237. The molecular weight excluding hydrogens is 224 g/mol. The number of ether oxygens (including phenoxy) is 1. The summed E-state index contributed by atoms with van der Waals surface area (Å²) in [6, 6.07) is 7.45. The summed E-state index contributed by atoms with van der Waals surface area (Å²) in [6.45, 7) is 4.26. The SMILES string of the molecule is CCCC(C(=O)OCC)c1ccccc1Cl. The highest BCUT2D eigenvalue weighted by Crippen LogP contribution is 2.29. The molecule has 16 heavy (non-hydrogen) atoms. The lowest BCUT2D eigenvalue weighted by molar-refractivity contribution is -0.145. The van der Waals surface area contributed by atoms with Crippen molar-refractivity contribution in [3.05, 3.63) is 34.9 Å². The van der Waals surface area contributed by atoms with Crippen molar-refractivity contribution in [2.75, 3.05) is 6.61 Å². The standard InChI is InChI=1S/C13H17ClO2/c1-3-7-11(13(15)16-4-2)10-8-5-6-9-12(10)14/h5-6,8-9,11H,3-4,7H2,1-2H3. The van der Waals surface area contributed by atoms with Gasteiger partial charge in [0.15, 0.2) is 0 Å². The zero-order valence-electron chi connectivity index (χ0n) is 9.70. The first-order chi connectivity index (χ1) is 7.70. The molecular formula is C13H17ClO2. The number of rotatable bonds is 5. The highest BCUT2D eigenvalue weighted by molar-refractivity contribution is 6.31. The van der Waals surface area contributed by atoms with Gasteiger partial charge < -0.3 is 4.74 Å². The van der Waals surface area contributed by atoms with Crippen LogP contribution in [-0.2, 0) is 9.53 Å². The van der Waals surface area contributed by atoms with E-state index in [9.17, 15) is 4.79 Å². The average molecular weight is 241 g/mol. The molecule has 2 nitrogen and oxygen atoms in total. The van der Waals surface area contributed by atoms with E-state index in [0.717, 1.165) is 18.4 Å². The molecule has 1 atom stereocenters. The number of hydrogen-bond acceptors (Lipinski definition) is 2.